The van der Waals surface area contributed by atoms with Crippen molar-refractivity contribution in [3.63, 3.8) is 0 Å². The molecule has 0 spiro atoms. The number of carbonyl (C=O) groups excluding carboxylic acids is 2. The molecule has 1 atom stereocenters. The van der Waals surface area contributed by atoms with Gasteiger partial charge in [-0.15, -0.1) is 0 Å². The Balaban J connectivity index is 1.71. The fourth-order valence-electron chi connectivity index (χ4n) is 4.86. The molecule has 7 nitrogen and oxygen atoms in total. The van der Waals surface area contributed by atoms with Crippen LogP contribution in [0.15, 0.2) is 77.7 Å². The Morgan fingerprint density at radius 1 is 0.950 bits per heavy atom. The number of benzene rings is 3. The summed E-state index contributed by atoms with van der Waals surface area (Å²) in [5.41, 5.74) is 1.66. The Bertz CT molecular complexity index is 1440. The van der Waals surface area contributed by atoms with Gasteiger partial charge in [0, 0.05) is 28.2 Å². The topological polar surface area (TPSA) is 86.8 Å². The molecule has 1 unspecified atom stereocenters. The molecule has 0 bridgehead atoms. The molecular weight excluding hydrogens is 569 g/mol. The maximum atomic E-state index is 14.1. The number of carbonyl (C=O) groups is 2. The first-order chi connectivity index (χ1) is 19.1. The van der Waals surface area contributed by atoms with Crippen LogP contribution in [0.5, 0.6) is 0 Å². The Kier molecular flexibility index (Phi) is 9.77. The highest BCUT2D eigenvalue weighted by atomic mass is 35.5. The summed E-state index contributed by atoms with van der Waals surface area (Å²) < 4.78 is 28.8. The van der Waals surface area contributed by atoms with Crippen LogP contribution in [0.25, 0.3) is 0 Å². The summed E-state index contributed by atoms with van der Waals surface area (Å²) in [5.74, 6) is -0.873. The minimum absolute atomic E-state index is 0.0528. The van der Waals surface area contributed by atoms with Crippen LogP contribution in [0.3, 0.4) is 0 Å². The summed E-state index contributed by atoms with van der Waals surface area (Å²) in [5, 5.41) is 3.74. The summed E-state index contributed by atoms with van der Waals surface area (Å²) in [6, 6.07) is 19.1. The lowest BCUT2D eigenvalue weighted by atomic mass is 10.1. The fourth-order valence-corrected chi connectivity index (χ4v) is 6.80. The molecule has 3 aromatic carbocycles. The molecule has 1 fully saturated rings. The van der Waals surface area contributed by atoms with Gasteiger partial charge < -0.3 is 10.2 Å². The van der Waals surface area contributed by atoms with Gasteiger partial charge in [0.2, 0.25) is 11.8 Å². The van der Waals surface area contributed by atoms with Gasteiger partial charge in [-0.05, 0) is 68.7 Å². The van der Waals surface area contributed by atoms with Gasteiger partial charge in [0.1, 0.15) is 12.6 Å². The Hall–Kier alpha value is -3.07. The van der Waals surface area contributed by atoms with Gasteiger partial charge >= 0.3 is 0 Å². The fraction of sp³-hybridized carbons (Fsp3) is 0.333. The molecular formula is C30H33Cl2N3O4S. The van der Waals surface area contributed by atoms with Crippen LogP contribution in [0.4, 0.5) is 5.69 Å². The number of aryl methyl sites for hydroxylation is 1. The van der Waals surface area contributed by atoms with Crippen molar-refractivity contribution >= 4 is 50.7 Å². The summed E-state index contributed by atoms with van der Waals surface area (Å²) in [6.07, 6.45) is 3.86. The van der Waals surface area contributed by atoms with E-state index >= 15 is 0 Å². The molecule has 10 heteroatoms. The van der Waals surface area contributed by atoms with Gasteiger partial charge in [0.05, 0.1) is 10.6 Å². The summed E-state index contributed by atoms with van der Waals surface area (Å²) in [7, 11) is -4.12. The van der Waals surface area contributed by atoms with E-state index in [-0.39, 0.29) is 23.4 Å². The molecule has 3 aromatic rings. The van der Waals surface area contributed by atoms with E-state index in [4.69, 9.17) is 23.2 Å². The van der Waals surface area contributed by atoms with E-state index in [2.05, 4.69) is 5.32 Å². The number of nitrogens with zero attached hydrogens (tertiary/aromatic N) is 2. The SMILES string of the molecule is Cc1cccc(N(CC(=O)N(Cc2c(Cl)cccc2Cl)C(C)C(=O)NC2CCCC2)S(=O)(=O)c2ccccc2)c1. The quantitative estimate of drug-likeness (QED) is 0.310. The minimum Gasteiger partial charge on any atom is -0.352 e. The Morgan fingerprint density at radius 2 is 1.57 bits per heavy atom. The van der Waals surface area contributed by atoms with Crippen molar-refractivity contribution < 1.29 is 18.0 Å². The smallest absolute Gasteiger partial charge is 0.264 e. The lowest BCUT2D eigenvalue weighted by Crippen LogP contribution is -2.52. The van der Waals surface area contributed by atoms with Gasteiger partial charge in [-0.3, -0.25) is 13.9 Å². The maximum absolute atomic E-state index is 14.1. The lowest BCUT2D eigenvalue weighted by Gasteiger charge is -2.33. The minimum atomic E-state index is -4.12. The number of rotatable bonds is 10. The number of halogens is 2. The van der Waals surface area contributed by atoms with Crippen molar-refractivity contribution in [2.24, 2.45) is 0 Å². The van der Waals surface area contributed by atoms with Crippen LogP contribution in [0, 0.1) is 6.92 Å². The van der Waals surface area contributed by atoms with Crippen LogP contribution in [-0.4, -0.2) is 43.8 Å². The van der Waals surface area contributed by atoms with Crippen molar-refractivity contribution in [3.05, 3.63) is 94.0 Å². The van der Waals surface area contributed by atoms with E-state index in [1.165, 1.54) is 17.0 Å². The van der Waals surface area contributed by atoms with Crippen LogP contribution < -0.4 is 9.62 Å². The van der Waals surface area contributed by atoms with Crippen molar-refractivity contribution in [2.45, 2.75) is 63.1 Å². The molecule has 0 saturated heterocycles. The summed E-state index contributed by atoms with van der Waals surface area (Å²) in [4.78, 5) is 28.8. The van der Waals surface area contributed by atoms with Gasteiger partial charge in [-0.25, -0.2) is 8.42 Å². The van der Waals surface area contributed by atoms with Gasteiger partial charge in [0.25, 0.3) is 10.0 Å². The van der Waals surface area contributed by atoms with E-state index in [0.29, 0.717) is 21.3 Å². The number of hydrogen-bond donors (Lipinski definition) is 1. The maximum Gasteiger partial charge on any atom is 0.264 e. The zero-order valence-electron chi connectivity index (χ0n) is 22.5. The zero-order chi connectivity index (χ0) is 28.9. The largest absolute Gasteiger partial charge is 0.352 e. The Morgan fingerprint density at radius 3 is 2.20 bits per heavy atom. The average Bonchev–Trinajstić information content (AvgIpc) is 3.44. The highest BCUT2D eigenvalue weighted by molar-refractivity contribution is 7.92. The molecule has 4 rings (SSSR count). The number of nitrogens with one attached hydrogen (secondary N) is 1. The first-order valence-electron chi connectivity index (χ1n) is 13.2. The third-order valence-corrected chi connectivity index (χ3v) is 9.66. The van der Waals surface area contributed by atoms with Gasteiger partial charge in [-0.1, -0.05) is 72.4 Å². The monoisotopic (exact) mass is 601 g/mol. The van der Waals surface area contributed by atoms with Gasteiger partial charge in [-0.2, -0.15) is 0 Å². The highest BCUT2D eigenvalue weighted by Crippen LogP contribution is 2.29. The van der Waals surface area contributed by atoms with Crippen LogP contribution in [-0.2, 0) is 26.2 Å². The van der Waals surface area contributed by atoms with Gasteiger partial charge in [0.15, 0.2) is 0 Å². The summed E-state index contributed by atoms with van der Waals surface area (Å²) in [6.45, 7) is 2.89. The third-order valence-electron chi connectivity index (χ3n) is 7.16. The molecule has 0 radical (unpaired) electrons. The third kappa shape index (κ3) is 6.97. The highest BCUT2D eigenvalue weighted by Gasteiger charge is 2.34. The number of sulfonamides is 1. The first kappa shape index (κ1) is 29.9. The molecule has 1 saturated carbocycles. The summed E-state index contributed by atoms with van der Waals surface area (Å²) >= 11 is 12.9. The van der Waals surface area contributed by atoms with Crippen LogP contribution >= 0.6 is 23.2 Å². The first-order valence-corrected chi connectivity index (χ1v) is 15.4. The molecule has 1 N–H and O–H groups in total. The van der Waals surface area contributed by atoms with Crippen LogP contribution in [0.2, 0.25) is 10.0 Å². The van der Waals surface area contributed by atoms with Crippen molar-refractivity contribution in [1.82, 2.24) is 10.2 Å². The van der Waals surface area contributed by atoms with E-state index in [9.17, 15) is 18.0 Å². The van der Waals surface area contributed by atoms with E-state index in [0.717, 1.165) is 35.6 Å². The number of anilines is 1. The molecule has 212 valence electrons. The van der Waals surface area contributed by atoms with Crippen molar-refractivity contribution in [3.8, 4) is 0 Å². The molecule has 40 heavy (non-hydrogen) atoms. The average molecular weight is 603 g/mol. The second kappa shape index (κ2) is 13.1. The van der Waals surface area contributed by atoms with Crippen molar-refractivity contribution in [1.29, 1.82) is 0 Å². The number of hydrogen-bond acceptors (Lipinski definition) is 4. The molecule has 2 amide bonds. The normalized spacial score (nSPS) is 14.5. The second-order valence-corrected chi connectivity index (χ2v) is 12.7. The van der Waals surface area contributed by atoms with Crippen LogP contribution in [0.1, 0.15) is 43.7 Å². The molecule has 0 aliphatic heterocycles. The predicted octanol–water partition coefficient (Wildman–Crippen LogP) is 5.97. The molecule has 1 aliphatic rings. The standard InChI is InChI=1S/C30H33Cl2N3O4S/c1-21-10-8-13-24(18-21)35(40(38,39)25-14-4-3-5-15-25)20-29(36)34(19-26-27(31)16-9-17-28(26)32)22(2)30(37)33-23-11-6-7-12-23/h3-5,8-10,13-18,22-23H,6-7,11-12,19-20H2,1-2H3,(H,33,37). The second-order valence-electron chi connectivity index (χ2n) is 10.1. The number of amides is 2. The molecule has 0 aromatic heterocycles. The predicted molar refractivity (Wildman–Crippen MR) is 159 cm³/mol. The van der Waals surface area contributed by atoms with E-state index in [1.54, 1.807) is 61.5 Å². The van der Waals surface area contributed by atoms with E-state index < -0.39 is 28.5 Å². The van der Waals surface area contributed by atoms with E-state index in [1.807, 2.05) is 13.0 Å². The van der Waals surface area contributed by atoms with Crippen molar-refractivity contribution in [2.75, 3.05) is 10.8 Å². The Labute approximate surface area is 246 Å². The molecule has 1 aliphatic carbocycles. The zero-order valence-corrected chi connectivity index (χ0v) is 24.8. The lowest BCUT2D eigenvalue weighted by molar-refractivity contribution is -0.139. The molecule has 0 heterocycles.